The quantitative estimate of drug-likeness (QED) is 0.149. The summed E-state index contributed by atoms with van der Waals surface area (Å²) in [5.74, 6) is 1.55. The molecule has 1 N–H and O–H groups in total. The molecule has 12 rings (SSSR count). The molecular formula is C59H43N5O. The Bertz CT molecular complexity index is 3450. The van der Waals surface area contributed by atoms with Gasteiger partial charge in [-0.3, -0.25) is 4.98 Å². The van der Waals surface area contributed by atoms with Gasteiger partial charge in [0.25, 0.3) is 0 Å². The Morgan fingerprint density at radius 1 is 0.446 bits per heavy atom. The van der Waals surface area contributed by atoms with E-state index >= 15 is 0 Å². The largest absolute Gasteiger partial charge is 0.457 e. The molecule has 0 radical (unpaired) electrons. The van der Waals surface area contributed by atoms with E-state index < -0.39 is 0 Å². The molecule has 0 bridgehead atoms. The molecule has 9 aromatic carbocycles. The predicted octanol–water partition coefficient (Wildman–Crippen LogP) is 15.5. The third kappa shape index (κ3) is 6.98. The summed E-state index contributed by atoms with van der Waals surface area (Å²) in [4.78, 5) is 9.40. The molecule has 0 amide bonds. The summed E-state index contributed by atoms with van der Waals surface area (Å²) < 4.78 is 9.10. The lowest BCUT2D eigenvalue weighted by molar-refractivity contribution is 0.483. The average molecular weight is 838 g/mol. The first-order valence-electron chi connectivity index (χ1n) is 22.1. The smallest absolute Gasteiger partial charge is 0.129 e. The summed E-state index contributed by atoms with van der Waals surface area (Å²) in [6.45, 7) is 1.22. The van der Waals surface area contributed by atoms with Crippen molar-refractivity contribution in [2.24, 2.45) is 0 Å². The molecular weight excluding hydrogens is 795 g/mol. The van der Waals surface area contributed by atoms with Crippen molar-refractivity contribution in [1.82, 2.24) is 9.55 Å². The second-order valence-electron chi connectivity index (χ2n) is 16.4. The molecule has 0 saturated carbocycles. The van der Waals surface area contributed by atoms with E-state index in [9.17, 15) is 0 Å². The standard InChI is InChI=1S/C59H43N5O/c1-3-15-41(16-4-1)49-23-14-24-50(42-17-5-2-6-18-42)59(49)64-40-63(56-27-11-12-28-57(56)64)45-19-13-20-46(37-45)65-47-33-34-53-52-22-8-10-26-55(52)62(58(53)38-47)39-61-44-31-29-43(30-32-44)48-35-36-60-54-25-9-7-21-51(48)54/h1-38,61H,39-40H2. The fourth-order valence-corrected chi connectivity index (χ4v) is 9.56. The van der Waals surface area contributed by atoms with Crippen LogP contribution < -0.4 is 19.9 Å². The number of anilines is 5. The maximum absolute atomic E-state index is 6.76. The average Bonchev–Trinajstić information content (AvgIpc) is 3.91. The number of nitrogens with zero attached hydrogens (tertiary/aromatic N) is 4. The van der Waals surface area contributed by atoms with Gasteiger partial charge in [0.2, 0.25) is 0 Å². The van der Waals surface area contributed by atoms with Crippen molar-refractivity contribution in [2.75, 3.05) is 21.8 Å². The summed E-state index contributed by atoms with van der Waals surface area (Å²) in [5.41, 5.74) is 15.9. The van der Waals surface area contributed by atoms with E-state index in [2.05, 4.69) is 237 Å². The number of nitrogens with one attached hydrogen (secondary N) is 1. The number of hydrogen-bond acceptors (Lipinski definition) is 5. The maximum atomic E-state index is 6.76. The summed E-state index contributed by atoms with van der Waals surface area (Å²) in [6.07, 6.45) is 1.88. The third-order valence-electron chi connectivity index (χ3n) is 12.6. The molecule has 0 atom stereocenters. The first-order valence-corrected chi connectivity index (χ1v) is 22.1. The minimum Gasteiger partial charge on any atom is -0.457 e. The summed E-state index contributed by atoms with van der Waals surface area (Å²) in [6, 6.07) is 79.3. The van der Waals surface area contributed by atoms with Gasteiger partial charge in [-0.25, -0.2) is 0 Å². The number of aromatic nitrogens is 2. The lowest BCUT2D eigenvalue weighted by atomic mass is 9.95. The van der Waals surface area contributed by atoms with Gasteiger partial charge in [-0.15, -0.1) is 0 Å². The maximum Gasteiger partial charge on any atom is 0.129 e. The molecule has 1 aliphatic rings. The van der Waals surface area contributed by atoms with Crippen LogP contribution in [-0.4, -0.2) is 16.2 Å². The molecule has 0 unspecified atom stereocenters. The van der Waals surface area contributed by atoms with E-state index in [0.717, 1.165) is 61.7 Å². The van der Waals surface area contributed by atoms with Crippen LogP contribution in [0.25, 0.3) is 66.1 Å². The van der Waals surface area contributed by atoms with Crippen molar-refractivity contribution in [3.8, 4) is 44.9 Å². The molecule has 65 heavy (non-hydrogen) atoms. The molecule has 3 heterocycles. The van der Waals surface area contributed by atoms with Gasteiger partial charge >= 0.3 is 0 Å². The van der Waals surface area contributed by atoms with Gasteiger partial charge in [0.1, 0.15) is 18.2 Å². The van der Waals surface area contributed by atoms with Gasteiger partial charge < -0.3 is 24.4 Å². The second kappa shape index (κ2) is 16.3. The van der Waals surface area contributed by atoms with Crippen LogP contribution in [0.3, 0.4) is 0 Å². The van der Waals surface area contributed by atoms with Crippen molar-refractivity contribution in [3.05, 3.63) is 231 Å². The van der Waals surface area contributed by atoms with Gasteiger partial charge in [-0.2, -0.15) is 0 Å². The zero-order chi connectivity index (χ0) is 43.1. The Balaban J connectivity index is 0.846. The van der Waals surface area contributed by atoms with Crippen molar-refractivity contribution >= 4 is 61.1 Å². The third-order valence-corrected chi connectivity index (χ3v) is 12.6. The SMILES string of the molecule is c1ccc(-c2cccc(-c3ccccc3)c2N2CN(c3cccc(Oc4ccc5c6ccccc6n(CNc6ccc(-c7ccnc8ccccc78)cc6)c5c4)c3)c3ccccc32)cc1. The van der Waals surface area contributed by atoms with Crippen LogP contribution in [0.5, 0.6) is 11.5 Å². The molecule has 0 saturated heterocycles. The minimum absolute atomic E-state index is 0.588. The van der Waals surface area contributed by atoms with Crippen molar-refractivity contribution in [2.45, 2.75) is 6.67 Å². The van der Waals surface area contributed by atoms with Crippen LogP contribution in [0.1, 0.15) is 0 Å². The van der Waals surface area contributed by atoms with E-state index in [-0.39, 0.29) is 0 Å². The highest BCUT2D eigenvalue weighted by molar-refractivity contribution is 6.08. The van der Waals surface area contributed by atoms with E-state index in [1.54, 1.807) is 0 Å². The number of pyridine rings is 1. The zero-order valence-electron chi connectivity index (χ0n) is 35.6. The monoisotopic (exact) mass is 837 g/mol. The Morgan fingerprint density at radius 2 is 1.06 bits per heavy atom. The Morgan fingerprint density at radius 3 is 1.83 bits per heavy atom. The van der Waals surface area contributed by atoms with Crippen molar-refractivity contribution in [1.29, 1.82) is 0 Å². The van der Waals surface area contributed by atoms with E-state index in [1.165, 1.54) is 44.3 Å². The Kier molecular flexibility index (Phi) is 9.53. The summed E-state index contributed by atoms with van der Waals surface area (Å²) in [7, 11) is 0. The molecule has 6 nitrogen and oxygen atoms in total. The van der Waals surface area contributed by atoms with Crippen molar-refractivity contribution in [3.63, 3.8) is 0 Å². The number of para-hydroxylation sites is 5. The van der Waals surface area contributed by atoms with Gasteiger partial charge in [0.05, 0.1) is 40.3 Å². The molecule has 0 fully saturated rings. The fraction of sp³-hybridized carbons (Fsp3) is 0.0339. The number of fused-ring (bicyclic) bond motifs is 5. The lowest BCUT2D eigenvalue weighted by Gasteiger charge is -2.27. The molecule has 11 aromatic rings. The first kappa shape index (κ1) is 38.1. The molecule has 0 aliphatic carbocycles. The van der Waals surface area contributed by atoms with E-state index in [4.69, 9.17) is 4.74 Å². The van der Waals surface area contributed by atoms with Crippen molar-refractivity contribution < 1.29 is 4.74 Å². The Labute approximate surface area is 377 Å². The van der Waals surface area contributed by atoms with Gasteiger partial charge in [0, 0.05) is 57.0 Å². The highest BCUT2D eigenvalue weighted by Gasteiger charge is 2.31. The minimum atomic E-state index is 0.588. The number of benzene rings is 9. The van der Waals surface area contributed by atoms with E-state index in [0.29, 0.717) is 13.3 Å². The molecule has 6 heteroatoms. The predicted molar refractivity (Wildman–Crippen MR) is 270 cm³/mol. The second-order valence-corrected chi connectivity index (χ2v) is 16.4. The number of ether oxygens (including phenoxy) is 1. The first-order chi connectivity index (χ1) is 32.2. The lowest BCUT2D eigenvalue weighted by Crippen LogP contribution is -2.24. The molecule has 1 aliphatic heterocycles. The topological polar surface area (TPSA) is 45.6 Å². The van der Waals surface area contributed by atoms with Crippen LogP contribution in [0.4, 0.5) is 28.4 Å². The van der Waals surface area contributed by atoms with Gasteiger partial charge in [0.15, 0.2) is 0 Å². The van der Waals surface area contributed by atoms with Gasteiger partial charge in [-0.05, 0) is 89.0 Å². The highest BCUT2D eigenvalue weighted by atomic mass is 16.5. The van der Waals surface area contributed by atoms with Crippen LogP contribution in [0, 0.1) is 0 Å². The molecule has 0 spiro atoms. The van der Waals surface area contributed by atoms with Crippen LogP contribution in [-0.2, 0) is 6.67 Å². The number of hydrogen-bond donors (Lipinski definition) is 1. The molecule has 2 aromatic heterocycles. The van der Waals surface area contributed by atoms with Crippen LogP contribution in [0.15, 0.2) is 231 Å². The molecule has 310 valence electrons. The van der Waals surface area contributed by atoms with Crippen LogP contribution >= 0.6 is 0 Å². The number of rotatable bonds is 10. The summed E-state index contributed by atoms with van der Waals surface area (Å²) >= 11 is 0. The fourth-order valence-electron chi connectivity index (χ4n) is 9.56. The van der Waals surface area contributed by atoms with E-state index in [1.807, 2.05) is 18.3 Å². The zero-order valence-corrected chi connectivity index (χ0v) is 35.6. The van der Waals surface area contributed by atoms with Gasteiger partial charge in [-0.1, -0.05) is 146 Å². The summed E-state index contributed by atoms with van der Waals surface area (Å²) in [5, 5.41) is 7.25. The Hall–Kier alpha value is -8.61. The highest BCUT2D eigenvalue weighted by Crippen LogP contribution is 2.50. The van der Waals surface area contributed by atoms with Crippen LogP contribution in [0.2, 0.25) is 0 Å². The normalized spacial score (nSPS) is 12.2.